The zero-order valence-electron chi connectivity index (χ0n) is 11.3. The fourth-order valence-corrected chi connectivity index (χ4v) is 3.09. The van der Waals surface area contributed by atoms with Gasteiger partial charge >= 0.3 is 11.7 Å². The van der Waals surface area contributed by atoms with Gasteiger partial charge in [0, 0.05) is 6.54 Å². The molecule has 0 spiro atoms. The van der Waals surface area contributed by atoms with E-state index in [-0.39, 0.29) is 11.3 Å². The summed E-state index contributed by atoms with van der Waals surface area (Å²) >= 11 is 0. The third-order valence-corrected chi connectivity index (χ3v) is 4.19. The minimum atomic E-state index is -0.968. The first-order chi connectivity index (χ1) is 9.65. The molecule has 1 fully saturated rings. The van der Waals surface area contributed by atoms with E-state index >= 15 is 0 Å². The standard InChI is InChI=1S/C15H18N2O3/c18-14(19)11-6-7-12-13(8-11)17(15(20)16-12)9-10-4-2-1-3-5-10/h6-8,10H,1-5,9H2,(H,16,20)(H,18,19). The summed E-state index contributed by atoms with van der Waals surface area (Å²) < 4.78 is 1.69. The monoisotopic (exact) mass is 274 g/mol. The Balaban J connectivity index is 1.99. The molecule has 0 amide bonds. The number of aromatic amines is 1. The Bertz CT molecular complexity index is 693. The Morgan fingerprint density at radius 2 is 2.05 bits per heavy atom. The zero-order chi connectivity index (χ0) is 14.1. The Morgan fingerprint density at radius 3 is 2.75 bits per heavy atom. The van der Waals surface area contributed by atoms with Crippen molar-refractivity contribution in [3.8, 4) is 0 Å². The highest BCUT2D eigenvalue weighted by molar-refractivity contribution is 5.92. The second-order valence-electron chi connectivity index (χ2n) is 5.58. The lowest BCUT2D eigenvalue weighted by molar-refractivity contribution is 0.0697. The number of nitrogens with zero attached hydrogens (tertiary/aromatic N) is 1. The summed E-state index contributed by atoms with van der Waals surface area (Å²) in [4.78, 5) is 25.9. The van der Waals surface area contributed by atoms with E-state index in [1.165, 1.54) is 25.3 Å². The third kappa shape index (κ3) is 2.35. The molecule has 20 heavy (non-hydrogen) atoms. The molecule has 2 N–H and O–H groups in total. The quantitative estimate of drug-likeness (QED) is 0.903. The van der Waals surface area contributed by atoms with Crippen LogP contribution in [0.3, 0.4) is 0 Å². The van der Waals surface area contributed by atoms with Gasteiger partial charge in [0.25, 0.3) is 0 Å². The molecular weight excluding hydrogens is 256 g/mol. The predicted molar refractivity (Wildman–Crippen MR) is 76.1 cm³/mol. The number of rotatable bonds is 3. The van der Waals surface area contributed by atoms with Gasteiger partial charge in [-0.3, -0.25) is 4.57 Å². The molecule has 1 saturated carbocycles. The highest BCUT2D eigenvalue weighted by Gasteiger charge is 2.17. The van der Waals surface area contributed by atoms with E-state index in [4.69, 9.17) is 5.11 Å². The van der Waals surface area contributed by atoms with Gasteiger partial charge in [0.15, 0.2) is 0 Å². The Kier molecular flexibility index (Phi) is 3.34. The van der Waals surface area contributed by atoms with E-state index in [1.807, 2.05) is 0 Å². The fraction of sp³-hybridized carbons (Fsp3) is 0.467. The fourth-order valence-electron chi connectivity index (χ4n) is 3.09. The lowest BCUT2D eigenvalue weighted by Crippen LogP contribution is -2.23. The number of hydrogen-bond donors (Lipinski definition) is 2. The molecule has 0 unspecified atom stereocenters. The number of aromatic nitrogens is 2. The van der Waals surface area contributed by atoms with Gasteiger partial charge in [-0.05, 0) is 37.0 Å². The number of aromatic carboxylic acids is 1. The minimum absolute atomic E-state index is 0.145. The van der Waals surface area contributed by atoms with Crippen LogP contribution in [0.2, 0.25) is 0 Å². The summed E-state index contributed by atoms with van der Waals surface area (Å²) in [6.45, 7) is 0.682. The minimum Gasteiger partial charge on any atom is -0.478 e. The molecule has 1 heterocycles. The first kappa shape index (κ1) is 13.0. The molecule has 0 aliphatic heterocycles. The maximum atomic E-state index is 12.1. The van der Waals surface area contributed by atoms with Crippen molar-refractivity contribution in [2.75, 3.05) is 0 Å². The smallest absolute Gasteiger partial charge is 0.335 e. The second kappa shape index (κ2) is 5.15. The number of fused-ring (bicyclic) bond motifs is 1. The molecule has 1 aromatic heterocycles. The van der Waals surface area contributed by atoms with Crippen LogP contribution in [0.4, 0.5) is 0 Å². The summed E-state index contributed by atoms with van der Waals surface area (Å²) in [7, 11) is 0. The number of H-pyrrole nitrogens is 1. The molecule has 2 aromatic rings. The lowest BCUT2D eigenvalue weighted by Gasteiger charge is -2.21. The molecule has 1 aromatic carbocycles. The highest BCUT2D eigenvalue weighted by Crippen LogP contribution is 2.25. The first-order valence-electron chi connectivity index (χ1n) is 7.11. The molecule has 0 atom stereocenters. The predicted octanol–water partition coefficient (Wildman–Crippen LogP) is 2.61. The van der Waals surface area contributed by atoms with Gasteiger partial charge in [-0.15, -0.1) is 0 Å². The number of carboxylic acids is 1. The SMILES string of the molecule is O=C(O)c1ccc2[nH]c(=O)n(CC3CCCCC3)c2c1. The molecule has 1 aliphatic carbocycles. The summed E-state index contributed by atoms with van der Waals surface area (Å²) in [5.74, 6) is -0.446. The summed E-state index contributed by atoms with van der Waals surface area (Å²) in [5.41, 5.74) is 1.47. The number of imidazole rings is 1. The average molecular weight is 274 g/mol. The Labute approximate surface area is 116 Å². The number of nitrogens with one attached hydrogen (secondary N) is 1. The van der Waals surface area contributed by atoms with Crippen molar-refractivity contribution in [2.45, 2.75) is 38.6 Å². The van der Waals surface area contributed by atoms with Crippen LogP contribution in [0.15, 0.2) is 23.0 Å². The van der Waals surface area contributed by atoms with Crippen molar-refractivity contribution in [1.82, 2.24) is 9.55 Å². The number of carboxylic acid groups (broad SMARTS) is 1. The van der Waals surface area contributed by atoms with Gasteiger partial charge in [0.2, 0.25) is 0 Å². The molecule has 0 radical (unpaired) electrons. The van der Waals surface area contributed by atoms with Crippen molar-refractivity contribution in [1.29, 1.82) is 0 Å². The van der Waals surface area contributed by atoms with Crippen molar-refractivity contribution in [2.24, 2.45) is 5.92 Å². The van der Waals surface area contributed by atoms with Crippen LogP contribution in [-0.2, 0) is 6.54 Å². The maximum absolute atomic E-state index is 12.1. The van der Waals surface area contributed by atoms with E-state index in [0.717, 1.165) is 12.8 Å². The molecule has 5 heteroatoms. The van der Waals surface area contributed by atoms with Crippen molar-refractivity contribution in [3.05, 3.63) is 34.2 Å². The van der Waals surface area contributed by atoms with E-state index < -0.39 is 5.97 Å². The molecule has 0 bridgehead atoms. The van der Waals surface area contributed by atoms with Gasteiger partial charge in [-0.1, -0.05) is 19.3 Å². The van der Waals surface area contributed by atoms with E-state index in [9.17, 15) is 9.59 Å². The van der Waals surface area contributed by atoms with Crippen LogP contribution < -0.4 is 5.69 Å². The Morgan fingerprint density at radius 1 is 1.30 bits per heavy atom. The van der Waals surface area contributed by atoms with E-state index in [0.29, 0.717) is 23.5 Å². The van der Waals surface area contributed by atoms with Gasteiger partial charge in [0.05, 0.1) is 16.6 Å². The van der Waals surface area contributed by atoms with Crippen LogP contribution in [0.5, 0.6) is 0 Å². The number of carbonyl (C=O) groups is 1. The number of hydrogen-bond acceptors (Lipinski definition) is 2. The van der Waals surface area contributed by atoms with Crippen LogP contribution >= 0.6 is 0 Å². The third-order valence-electron chi connectivity index (χ3n) is 4.19. The highest BCUT2D eigenvalue weighted by atomic mass is 16.4. The topological polar surface area (TPSA) is 75.1 Å². The normalized spacial score (nSPS) is 16.6. The van der Waals surface area contributed by atoms with Gasteiger partial charge in [0.1, 0.15) is 0 Å². The van der Waals surface area contributed by atoms with Crippen LogP contribution in [0.25, 0.3) is 11.0 Å². The second-order valence-corrected chi connectivity index (χ2v) is 5.58. The van der Waals surface area contributed by atoms with Gasteiger partial charge in [-0.2, -0.15) is 0 Å². The van der Waals surface area contributed by atoms with Crippen molar-refractivity contribution >= 4 is 17.0 Å². The van der Waals surface area contributed by atoms with Crippen LogP contribution in [0, 0.1) is 5.92 Å². The van der Waals surface area contributed by atoms with E-state index in [2.05, 4.69) is 4.98 Å². The van der Waals surface area contributed by atoms with Crippen LogP contribution in [0.1, 0.15) is 42.5 Å². The first-order valence-corrected chi connectivity index (χ1v) is 7.11. The molecule has 1 aliphatic rings. The van der Waals surface area contributed by atoms with Gasteiger partial charge < -0.3 is 10.1 Å². The maximum Gasteiger partial charge on any atom is 0.335 e. The molecule has 0 saturated heterocycles. The van der Waals surface area contributed by atoms with Crippen molar-refractivity contribution in [3.63, 3.8) is 0 Å². The molecule has 3 rings (SSSR count). The summed E-state index contributed by atoms with van der Waals surface area (Å²) in [6, 6.07) is 4.77. The lowest BCUT2D eigenvalue weighted by atomic mass is 9.89. The van der Waals surface area contributed by atoms with Gasteiger partial charge in [-0.25, -0.2) is 9.59 Å². The number of benzene rings is 1. The van der Waals surface area contributed by atoms with Crippen molar-refractivity contribution < 1.29 is 9.90 Å². The van der Waals surface area contributed by atoms with E-state index in [1.54, 1.807) is 16.7 Å². The summed E-state index contributed by atoms with van der Waals surface area (Å²) in [5, 5.41) is 9.07. The summed E-state index contributed by atoms with van der Waals surface area (Å²) in [6.07, 6.45) is 6.03. The molecular formula is C15H18N2O3. The zero-order valence-corrected chi connectivity index (χ0v) is 11.3. The van der Waals surface area contributed by atoms with Crippen LogP contribution in [-0.4, -0.2) is 20.6 Å². The molecule has 5 nitrogen and oxygen atoms in total. The Hall–Kier alpha value is -2.04. The largest absolute Gasteiger partial charge is 0.478 e. The average Bonchev–Trinajstić information content (AvgIpc) is 2.75. The molecule has 106 valence electrons.